The molecule has 8 atom stereocenters. The first kappa shape index (κ1) is 26.6. The van der Waals surface area contributed by atoms with Crippen LogP contribution in [-0.4, -0.2) is 12.2 Å². The van der Waals surface area contributed by atoms with Crippen molar-refractivity contribution in [2.45, 2.75) is 119 Å². The van der Waals surface area contributed by atoms with Gasteiger partial charge >= 0.3 is 0 Å². The fourth-order valence-electron chi connectivity index (χ4n) is 9.06. The number of carbonyl (C=O) groups excluding carboxylic acids is 1. The van der Waals surface area contributed by atoms with Crippen molar-refractivity contribution in [2.75, 3.05) is 6.54 Å². The molecule has 0 aromatic heterocycles. The summed E-state index contributed by atoms with van der Waals surface area (Å²) in [6.07, 6.45) is 16.4. The van der Waals surface area contributed by atoms with Gasteiger partial charge in [0.15, 0.2) is 5.62 Å². The molecule has 186 valence electrons. The predicted octanol–water partition coefficient (Wildman–Crippen LogP) is 8.54. The van der Waals surface area contributed by atoms with Gasteiger partial charge in [0, 0.05) is 6.54 Å². The maximum atomic E-state index is 10.6. The molecule has 8 unspecified atom stereocenters. The molecule has 0 aromatic rings. The van der Waals surface area contributed by atoms with Crippen molar-refractivity contribution in [2.24, 2.45) is 51.8 Å². The van der Waals surface area contributed by atoms with Gasteiger partial charge in [-0.05, 0) is 121 Å². The minimum Gasteiger partial charge on any atom is -0.290 e. The van der Waals surface area contributed by atoms with Crippen LogP contribution in [0.15, 0.2) is 0 Å². The summed E-state index contributed by atoms with van der Waals surface area (Å²) in [4.78, 5) is 10.6. The number of nitrogens with one attached hydrogen (secondary N) is 1. The van der Waals surface area contributed by atoms with Crippen LogP contribution in [0, 0.1) is 51.8 Å². The minimum absolute atomic E-state index is 0.322. The zero-order valence-corrected chi connectivity index (χ0v) is 23.2. The summed E-state index contributed by atoms with van der Waals surface area (Å²) in [5.74, 6) is 5.52. The van der Waals surface area contributed by atoms with Crippen LogP contribution < -0.4 is 4.72 Å². The molecule has 0 spiro atoms. The number of carbonyl (C=O) groups is 1. The van der Waals surface area contributed by atoms with Gasteiger partial charge in [0.25, 0.3) is 0 Å². The first-order valence-electron chi connectivity index (χ1n) is 14.0. The summed E-state index contributed by atoms with van der Waals surface area (Å²) in [6.45, 7) is 17.6. The first-order chi connectivity index (χ1) is 15.2. The van der Waals surface area contributed by atoms with E-state index >= 15 is 0 Å². The van der Waals surface area contributed by atoms with Crippen LogP contribution in [0.25, 0.3) is 0 Å². The van der Waals surface area contributed by atoms with E-state index in [-0.39, 0.29) is 0 Å². The lowest BCUT2D eigenvalue weighted by Gasteiger charge is -2.61. The van der Waals surface area contributed by atoms with Crippen molar-refractivity contribution in [1.82, 2.24) is 4.72 Å². The third kappa shape index (κ3) is 4.86. The molecule has 0 bridgehead atoms. The summed E-state index contributed by atoms with van der Waals surface area (Å²) in [5, 5.41) is 0. The summed E-state index contributed by atoms with van der Waals surface area (Å²) >= 11 is 1.20. The molecule has 4 rings (SSSR count). The molecule has 0 aliphatic heterocycles. The number of hydrogen-bond donors (Lipinski definition) is 1. The van der Waals surface area contributed by atoms with Crippen molar-refractivity contribution < 1.29 is 4.79 Å². The summed E-state index contributed by atoms with van der Waals surface area (Å²) < 4.78 is 3.25. The molecule has 2 nitrogen and oxygen atoms in total. The fraction of sp³-hybridized carbons (Fsp3) is 0.966. The van der Waals surface area contributed by atoms with Crippen LogP contribution in [0.1, 0.15) is 119 Å². The second-order valence-corrected chi connectivity index (χ2v) is 13.6. The highest BCUT2D eigenvalue weighted by atomic mass is 32.2. The molecule has 4 aliphatic rings. The van der Waals surface area contributed by atoms with E-state index in [1.807, 2.05) is 13.8 Å². The van der Waals surface area contributed by atoms with Crippen LogP contribution in [0.4, 0.5) is 0 Å². The number of fused-ring (bicyclic) bond motifs is 5. The molecule has 3 heteroatoms. The first-order valence-corrected chi connectivity index (χ1v) is 14.9. The standard InChI is InChI=1S/C27H47NOS.C2H6/c1-19(17-28-30-18-29)25(2,3)16-21-10-12-23-22-11-9-20-8-6-7-14-26(20,4)24(22)13-15-27(21,23)5;1-2/h18-24,28H,6-17H2,1-5H3;1-2H3. The van der Waals surface area contributed by atoms with E-state index in [9.17, 15) is 4.79 Å². The Bertz CT molecular complexity index is 620. The van der Waals surface area contributed by atoms with Crippen LogP contribution in [0.3, 0.4) is 0 Å². The molecule has 0 saturated heterocycles. The predicted molar refractivity (Wildman–Crippen MR) is 141 cm³/mol. The molecule has 4 aliphatic carbocycles. The van der Waals surface area contributed by atoms with E-state index in [2.05, 4.69) is 39.3 Å². The summed E-state index contributed by atoms with van der Waals surface area (Å²) in [5.41, 5.74) is 2.46. The molecule has 0 amide bonds. The largest absolute Gasteiger partial charge is 0.290 e. The van der Waals surface area contributed by atoms with E-state index in [4.69, 9.17) is 0 Å². The Morgan fingerprint density at radius 3 is 2.41 bits per heavy atom. The average Bonchev–Trinajstić information content (AvgIpc) is 3.10. The molecule has 32 heavy (non-hydrogen) atoms. The van der Waals surface area contributed by atoms with Crippen LogP contribution >= 0.6 is 11.9 Å². The van der Waals surface area contributed by atoms with E-state index in [1.54, 1.807) is 0 Å². The average molecular weight is 464 g/mol. The Balaban J connectivity index is 0.00000141. The van der Waals surface area contributed by atoms with Gasteiger partial charge in [-0.25, -0.2) is 0 Å². The van der Waals surface area contributed by atoms with E-state index < -0.39 is 0 Å². The Hall–Kier alpha value is -0.0200. The molecule has 4 saturated carbocycles. The molecule has 0 heterocycles. The van der Waals surface area contributed by atoms with E-state index in [1.165, 1.54) is 82.6 Å². The number of hydrogen-bond acceptors (Lipinski definition) is 3. The maximum absolute atomic E-state index is 10.6. The van der Waals surface area contributed by atoms with E-state index in [0.717, 1.165) is 41.8 Å². The summed E-state index contributed by atoms with van der Waals surface area (Å²) in [6, 6.07) is 0. The van der Waals surface area contributed by atoms with Crippen molar-refractivity contribution in [3.05, 3.63) is 0 Å². The Labute approximate surface area is 204 Å². The van der Waals surface area contributed by atoms with Gasteiger partial charge in [0.05, 0.1) is 0 Å². The zero-order valence-electron chi connectivity index (χ0n) is 22.3. The van der Waals surface area contributed by atoms with Crippen molar-refractivity contribution in [1.29, 1.82) is 0 Å². The number of rotatable bonds is 7. The van der Waals surface area contributed by atoms with Gasteiger partial charge in [-0.1, -0.05) is 61.3 Å². The van der Waals surface area contributed by atoms with E-state index in [0.29, 0.717) is 22.2 Å². The molecular formula is C29H53NOS. The highest BCUT2D eigenvalue weighted by molar-refractivity contribution is 8.10. The minimum atomic E-state index is 0.322. The van der Waals surface area contributed by atoms with Crippen molar-refractivity contribution >= 4 is 17.6 Å². The van der Waals surface area contributed by atoms with Crippen LogP contribution in [0.2, 0.25) is 0 Å². The van der Waals surface area contributed by atoms with Crippen molar-refractivity contribution in [3.8, 4) is 0 Å². The second kappa shape index (κ2) is 10.7. The Kier molecular flexibility index (Phi) is 8.90. The third-order valence-corrected chi connectivity index (χ3v) is 11.8. The Morgan fingerprint density at radius 1 is 0.969 bits per heavy atom. The lowest BCUT2D eigenvalue weighted by atomic mass is 9.44. The van der Waals surface area contributed by atoms with Gasteiger partial charge in [0.1, 0.15) is 0 Å². The Morgan fingerprint density at radius 2 is 1.69 bits per heavy atom. The molecular weight excluding hydrogens is 410 g/mol. The fourth-order valence-corrected chi connectivity index (χ4v) is 9.47. The lowest BCUT2D eigenvalue weighted by molar-refractivity contribution is -0.113. The van der Waals surface area contributed by atoms with Gasteiger partial charge in [-0.3, -0.25) is 9.52 Å². The maximum Gasteiger partial charge on any atom is 0.191 e. The molecule has 1 N–H and O–H groups in total. The van der Waals surface area contributed by atoms with Gasteiger partial charge in [-0.2, -0.15) is 0 Å². The molecule has 0 aromatic carbocycles. The van der Waals surface area contributed by atoms with Gasteiger partial charge in [-0.15, -0.1) is 0 Å². The lowest BCUT2D eigenvalue weighted by Crippen LogP contribution is -2.53. The highest BCUT2D eigenvalue weighted by Crippen LogP contribution is 2.68. The highest BCUT2D eigenvalue weighted by Gasteiger charge is 2.59. The van der Waals surface area contributed by atoms with Crippen LogP contribution in [-0.2, 0) is 4.79 Å². The van der Waals surface area contributed by atoms with Crippen molar-refractivity contribution in [3.63, 3.8) is 0 Å². The monoisotopic (exact) mass is 463 g/mol. The normalized spacial score (nSPS) is 42.0. The quantitative estimate of drug-likeness (QED) is 0.233. The topological polar surface area (TPSA) is 29.1 Å². The van der Waals surface area contributed by atoms with Crippen LogP contribution in [0.5, 0.6) is 0 Å². The summed E-state index contributed by atoms with van der Waals surface area (Å²) in [7, 11) is 0. The zero-order chi connectivity index (χ0) is 23.6. The molecule has 0 radical (unpaired) electrons. The SMILES string of the molecule is CC.CC(CNSC=O)C(C)(C)CC1CCC2C3CCC4CCCCC4(C)C3CCC12C. The second-order valence-electron chi connectivity index (χ2n) is 12.9. The molecule has 4 fully saturated rings. The smallest absolute Gasteiger partial charge is 0.191 e. The van der Waals surface area contributed by atoms with Gasteiger partial charge in [0.2, 0.25) is 0 Å². The third-order valence-electron chi connectivity index (χ3n) is 11.4. The van der Waals surface area contributed by atoms with Gasteiger partial charge < -0.3 is 0 Å².